The van der Waals surface area contributed by atoms with Gasteiger partial charge < -0.3 is 4.74 Å². The lowest BCUT2D eigenvalue weighted by Gasteiger charge is -2.05. The molecule has 2 nitrogen and oxygen atoms in total. The summed E-state index contributed by atoms with van der Waals surface area (Å²) in [6.45, 7) is 0. The maximum atomic E-state index is 12.1. The molecular formula is C17H16O2. The summed E-state index contributed by atoms with van der Waals surface area (Å²) >= 11 is 0. The summed E-state index contributed by atoms with van der Waals surface area (Å²) in [5, 5.41) is 0. The van der Waals surface area contributed by atoms with Gasteiger partial charge in [0.2, 0.25) is 0 Å². The highest BCUT2D eigenvalue weighted by Crippen LogP contribution is 2.26. The van der Waals surface area contributed by atoms with Gasteiger partial charge in [0.1, 0.15) is 5.75 Å². The van der Waals surface area contributed by atoms with Gasteiger partial charge in [-0.05, 0) is 42.7 Å². The van der Waals surface area contributed by atoms with Crippen molar-refractivity contribution in [3.63, 3.8) is 0 Å². The Morgan fingerprint density at radius 2 is 1.68 bits per heavy atom. The van der Waals surface area contributed by atoms with Crippen LogP contribution >= 0.6 is 0 Å². The van der Waals surface area contributed by atoms with E-state index < -0.39 is 0 Å². The predicted molar refractivity (Wildman–Crippen MR) is 74.6 cm³/mol. The van der Waals surface area contributed by atoms with Crippen molar-refractivity contribution in [2.75, 3.05) is 0 Å². The number of ketones is 1. The third-order valence-corrected chi connectivity index (χ3v) is 3.21. The van der Waals surface area contributed by atoms with Crippen LogP contribution in [0.2, 0.25) is 0 Å². The summed E-state index contributed by atoms with van der Waals surface area (Å²) in [6.07, 6.45) is 3.14. The minimum Gasteiger partial charge on any atom is -0.490 e. The fraction of sp³-hybridized carbons (Fsp3) is 0.235. The maximum Gasteiger partial charge on any atom is 0.167 e. The van der Waals surface area contributed by atoms with Crippen LogP contribution in [0, 0.1) is 0 Å². The number of carbonyl (C=O) groups excluding carboxylic acids is 1. The summed E-state index contributed by atoms with van der Waals surface area (Å²) in [7, 11) is 0. The number of hydrogen-bond donors (Lipinski definition) is 0. The molecule has 0 aromatic heterocycles. The van der Waals surface area contributed by atoms with Gasteiger partial charge in [-0.25, -0.2) is 0 Å². The van der Waals surface area contributed by atoms with Gasteiger partial charge >= 0.3 is 0 Å². The first-order valence-electron chi connectivity index (χ1n) is 6.65. The zero-order valence-electron chi connectivity index (χ0n) is 10.7. The molecule has 0 spiro atoms. The van der Waals surface area contributed by atoms with Gasteiger partial charge in [0.05, 0.1) is 6.10 Å². The van der Waals surface area contributed by atoms with E-state index in [1.54, 1.807) is 0 Å². The molecule has 0 radical (unpaired) electrons. The second-order valence-corrected chi connectivity index (χ2v) is 4.93. The van der Waals surface area contributed by atoms with E-state index in [2.05, 4.69) is 0 Å². The largest absolute Gasteiger partial charge is 0.490 e. The van der Waals surface area contributed by atoms with Crippen molar-refractivity contribution in [1.29, 1.82) is 0 Å². The van der Waals surface area contributed by atoms with Crippen LogP contribution in [0.1, 0.15) is 28.8 Å². The summed E-state index contributed by atoms with van der Waals surface area (Å²) in [5.74, 6) is 1.00. The summed E-state index contributed by atoms with van der Waals surface area (Å²) in [4.78, 5) is 12.1. The minimum absolute atomic E-state index is 0.143. The molecule has 0 saturated heterocycles. The first-order valence-corrected chi connectivity index (χ1v) is 6.65. The van der Waals surface area contributed by atoms with Crippen molar-refractivity contribution >= 4 is 5.78 Å². The molecule has 2 aromatic rings. The Bertz CT molecular complexity index is 554. The Hall–Kier alpha value is -2.09. The van der Waals surface area contributed by atoms with E-state index in [1.807, 2.05) is 54.6 Å². The predicted octanol–water partition coefficient (Wildman–Crippen LogP) is 3.65. The van der Waals surface area contributed by atoms with Crippen molar-refractivity contribution in [2.24, 2.45) is 0 Å². The summed E-state index contributed by atoms with van der Waals surface area (Å²) in [5.41, 5.74) is 1.79. The summed E-state index contributed by atoms with van der Waals surface area (Å²) in [6, 6.07) is 17.3. The molecule has 0 aliphatic heterocycles. The average Bonchev–Trinajstić information content (AvgIpc) is 3.25. The third-order valence-electron chi connectivity index (χ3n) is 3.21. The Kier molecular flexibility index (Phi) is 3.32. The number of rotatable bonds is 5. The molecule has 19 heavy (non-hydrogen) atoms. The molecule has 1 aliphatic carbocycles. The molecule has 0 bridgehead atoms. The molecule has 0 amide bonds. The standard InChI is InChI=1S/C17H16O2/c18-17(12-13-4-2-1-3-5-13)14-6-8-15(9-7-14)19-16-10-11-16/h1-9,16H,10-12H2. The first kappa shape index (κ1) is 12.0. The lowest BCUT2D eigenvalue weighted by molar-refractivity contribution is 0.0993. The molecule has 1 fully saturated rings. The van der Waals surface area contributed by atoms with E-state index in [-0.39, 0.29) is 5.78 Å². The smallest absolute Gasteiger partial charge is 0.167 e. The van der Waals surface area contributed by atoms with Crippen LogP contribution in [0.15, 0.2) is 54.6 Å². The normalized spacial score (nSPS) is 14.1. The van der Waals surface area contributed by atoms with E-state index in [4.69, 9.17) is 4.74 Å². The van der Waals surface area contributed by atoms with E-state index in [9.17, 15) is 4.79 Å². The fourth-order valence-corrected chi connectivity index (χ4v) is 1.98. The Labute approximate surface area is 113 Å². The van der Waals surface area contributed by atoms with Gasteiger partial charge in [0, 0.05) is 12.0 Å². The molecule has 96 valence electrons. The summed E-state index contributed by atoms with van der Waals surface area (Å²) < 4.78 is 5.67. The second-order valence-electron chi connectivity index (χ2n) is 4.93. The second kappa shape index (κ2) is 5.27. The van der Waals surface area contributed by atoms with Crippen LogP contribution in [-0.2, 0) is 6.42 Å². The molecule has 0 heterocycles. The number of Topliss-reactive ketones (excluding diaryl/α,β-unsaturated/α-hetero) is 1. The van der Waals surface area contributed by atoms with Crippen LogP contribution in [0.3, 0.4) is 0 Å². The monoisotopic (exact) mass is 252 g/mol. The molecule has 0 atom stereocenters. The lowest BCUT2D eigenvalue weighted by atomic mass is 10.0. The van der Waals surface area contributed by atoms with Crippen LogP contribution in [0.25, 0.3) is 0 Å². The molecule has 0 N–H and O–H groups in total. The van der Waals surface area contributed by atoms with Crippen molar-refractivity contribution in [2.45, 2.75) is 25.4 Å². The molecular weight excluding hydrogens is 236 g/mol. The van der Waals surface area contributed by atoms with Gasteiger partial charge in [-0.15, -0.1) is 0 Å². The quantitative estimate of drug-likeness (QED) is 0.759. The van der Waals surface area contributed by atoms with Gasteiger partial charge in [-0.1, -0.05) is 30.3 Å². The van der Waals surface area contributed by atoms with E-state index >= 15 is 0 Å². The van der Waals surface area contributed by atoms with Gasteiger partial charge in [-0.2, -0.15) is 0 Å². The van der Waals surface area contributed by atoms with Gasteiger partial charge in [-0.3, -0.25) is 4.79 Å². The zero-order chi connectivity index (χ0) is 13.1. The minimum atomic E-state index is 0.143. The molecule has 1 saturated carbocycles. The highest BCUT2D eigenvalue weighted by molar-refractivity contribution is 5.97. The van der Waals surface area contributed by atoms with E-state index in [0.717, 1.165) is 29.7 Å². The number of carbonyl (C=O) groups is 1. The molecule has 2 aromatic carbocycles. The number of hydrogen-bond acceptors (Lipinski definition) is 2. The van der Waals surface area contributed by atoms with E-state index in [1.165, 1.54) is 0 Å². The van der Waals surface area contributed by atoms with Crippen LogP contribution < -0.4 is 4.74 Å². The average molecular weight is 252 g/mol. The van der Waals surface area contributed by atoms with Crippen molar-refractivity contribution in [3.05, 3.63) is 65.7 Å². The molecule has 2 heteroatoms. The van der Waals surface area contributed by atoms with Crippen LogP contribution in [-0.4, -0.2) is 11.9 Å². The highest BCUT2D eigenvalue weighted by atomic mass is 16.5. The van der Waals surface area contributed by atoms with Gasteiger partial charge in [0.15, 0.2) is 5.78 Å². The Morgan fingerprint density at radius 3 is 2.32 bits per heavy atom. The Morgan fingerprint density at radius 1 is 1.00 bits per heavy atom. The molecule has 1 aliphatic rings. The fourth-order valence-electron chi connectivity index (χ4n) is 1.98. The first-order chi connectivity index (χ1) is 9.31. The topological polar surface area (TPSA) is 26.3 Å². The number of ether oxygens (including phenoxy) is 1. The van der Waals surface area contributed by atoms with Crippen molar-refractivity contribution in [1.82, 2.24) is 0 Å². The number of benzene rings is 2. The van der Waals surface area contributed by atoms with Gasteiger partial charge in [0.25, 0.3) is 0 Å². The lowest BCUT2D eigenvalue weighted by Crippen LogP contribution is -2.03. The Balaban J connectivity index is 1.65. The van der Waals surface area contributed by atoms with Crippen molar-refractivity contribution in [3.8, 4) is 5.75 Å². The highest BCUT2D eigenvalue weighted by Gasteiger charge is 2.23. The molecule has 0 unspecified atom stereocenters. The third kappa shape index (κ3) is 3.22. The maximum absolute atomic E-state index is 12.1. The molecule has 3 rings (SSSR count). The van der Waals surface area contributed by atoms with Crippen LogP contribution in [0.4, 0.5) is 0 Å². The van der Waals surface area contributed by atoms with Crippen LogP contribution in [0.5, 0.6) is 5.75 Å². The van der Waals surface area contributed by atoms with E-state index in [0.29, 0.717) is 12.5 Å². The zero-order valence-corrected chi connectivity index (χ0v) is 10.7. The SMILES string of the molecule is O=C(Cc1ccccc1)c1ccc(OC2CC2)cc1. The van der Waals surface area contributed by atoms with Crippen molar-refractivity contribution < 1.29 is 9.53 Å².